The third-order valence-electron chi connectivity index (χ3n) is 3.78. The fraction of sp³-hybridized carbons (Fsp3) is 0.0526. The summed E-state index contributed by atoms with van der Waals surface area (Å²) < 4.78 is 6.52. The number of carbonyl (C=O) groups is 1. The topological polar surface area (TPSA) is 84.3 Å². The van der Waals surface area contributed by atoms with E-state index >= 15 is 0 Å². The number of aromatic nitrogens is 2. The number of carboxylic acids is 1. The number of nitrogens with zero attached hydrogens (tertiary/aromatic N) is 1. The van der Waals surface area contributed by atoms with Crippen LogP contribution in [0.5, 0.6) is 5.75 Å². The second-order valence-electron chi connectivity index (χ2n) is 5.42. The molecule has 3 aromatic rings. The Morgan fingerprint density at radius 1 is 1.24 bits per heavy atom. The first-order chi connectivity index (χ1) is 12.0. The lowest BCUT2D eigenvalue weighted by Gasteiger charge is -2.01. The number of nitrogens with one attached hydrogen (secondary N) is 1. The van der Waals surface area contributed by atoms with Gasteiger partial charge in [-0.15, -0.1) is 0 Å². The normalized spacial score (nSPS) is 11.5. The monoisotopic (exact) mass is 336 g/mol. The zero-order valence-electron chi connectivity index (χ0n) is 13.5. The lowest BCUT2D eigenvalue weighted by molar-refractivity contribution is 0.0697. The van der Waals surface area contributed by atoms with Crippen LogP contribution in [-0.2, 0) is 0 Å². The van der Waals surface area contributed by atoms with Crippen molar-refractivity contribution < 1.29 is 14.6 Å². The molecule has 0 saturated carbocycles. The quantitative estimate of drug-likeness (QED) is 0.747. The minimum Gasteiger partial charge on any atom is -0.497 e. The van der Waals surface area contributed by atoms with E-state index in [2.05, 4.69) is 11.7 Å². The summed E-state index contributed by atoms with van der Waals surface area (Å²) in [5.41, 5.74) is 1.23. The summed E-state index contributed by atoms with van der Waals surface area (Å²) in [6.45, 7) is 3.88. The zero-order chi connectivity index (χ0) is 18.0. The van der Waals surface area contributed by atoms with E-state index in [9.17, 15) is 9.59 Å². The molecule has 0 aliphatic carbocycles. The molecule has 2 N–H and O–H groups in total. The van der Waals surface area contributed by atoms with E-state index in [1.807, 2.05) is 24.3 Å². The molecule has 0 atom stereocenters. The first kappa shape index (κ1) is 16.3. The molecule has 0 radical (unpaired) electrons. The van der Waals surface area contributed by atoms with Gasteiger partial charge in [-0.2, -0.15) is 0 Å². The number of methoxy groups -OCH3 is 1. The van der Waals surface area contributed by atoms with Crippen LogP contribution in [0.2, 0.25) is 0 Å². The average Bonchev–Trinajstić information content (AvgIpc) is 2.90. The molecule has 2 aromatic carbocycles. The zero-order valence-corrected chi connectivity index (χ0v) is 13.5. The third kappa shape index (κ3) is 3.23. The first-order valence-corrected chi connectivity index (χ1v) is 7.49. The van der Waals surface area contributed by atoms with Crippen molar-refractivity contribution in [3.05, 3.63) is 80.6 Å². The van der Waals surface area contributed by atoms with Crippen LogP contribution in [0.3, 0.4) is 0 Å². The van der Waals surface area contributed by atoms with Gasteiger partial charge in [0.05, 0.1) is 28.9 Å². The van der Waals surface area contributed by atoms with Gasteiger partial charge < -0.3 is 9.84 Å². The summed E-state index contributed by atoms with van der Waals surface area (Å²) >= 11 is 0. The van der Waals surface area contributed by atoms with Crippen molar-refractivity contribution in [2.24, 2.45) is 0 Å². The highest BCUT2D eigenvalue weighted by Gasteiger charge is 2.07. The number of ether oxygens (including phenoxy) is 1. The Labute approximate surface area is 142 Å². The van der Waals surface area contributed by atoms with Gasteiger partial charge in [-0.05, 0) is 48.0 Å². The standard InChI is InChI=1S/C19H16N2O4/c1-12-17(11-13-4-3-5-16(10-13)25-2)18(22)21(20-12)15-8-6-14(7-9-15)19(23)24/h3-11,20H,1H2,2H3,(H,23,24)/b17-11-. The Morgan fingerprint density at radius 3 is 2.60 bits per heavy atom. The largest absolute Gasteiger partial charge is 0.497 e. The van der Waals surface area contributed by atoms with E-state index in [0.29, 0.717) is 22.0 Å². The molecule has 1 heterocycles. The van der Waals surface area contributed by atoms with Crippen molar-refractivity contribution in [1.82, 2.24) is 9.78 Å². The maximum atomic E-state index is 12.7. The van der Waals surface area contributed by atoms with Gasteiger partial charge in [-0.1, -0.05) is 18.7 Å². The van der Waals surface area contributed by atoms with Crippen LogP contribution in [0, 0.1) is 0 Å². The highest BCUT2D eigenvalue weighted by molar-refractivity contribution is 5.87. The second-order valence-corrected chi connectivity index (χ2v) is 5.42. The fourth-order valence-corrected chi connectivity index (χ4v) is 2.48. The van der Waals surface area contributed by atoms with Crippen molar-refractivity contribution in [2.45, 2.75) is 0 Å². The summed E-state index contributed by atoms with van der Waals surface area (Å²) in [5.74, 6) is -0.324. The van der Waals surface area contributed by atoms with Gasteiger partial charge in [0.1, 0.15) is 5.75 Å². The predicted octanol–water partition coefficient (Wildman–Crippen LogP) is 1.11. The summed E-state index contributed by atoms with van der Waals surface area (Å²) in [6.07, 6.45) is 1.73. The Kier molecular flexibility index (Phi) is 4.26. The molecule has 25 heavy (non-hydrogen) atoms. The van der Waals surface area contributed by atoms with Crippen LogP contribution in [0.4, 0.5) is 0 Å². The highest BCUT2D eigenvalue weighted by Crippen LogP contribution is 2.12. The molecule has 0 spiro atoms. The molecule has 126 valence electrons. The summed E-state index contributed by atoms with van der Waals surface area (Å²) in [4.78, 5) is 23.6. The minimum absolute atomic E-state index is 0.154. The Morgan fingerprint density at radius 2 is 1.96 bits per heavy atom. The fourth-order valence-electron chi connectivity index (χ4n) is 2.48. The number of hydrogen-bond donors (Lipinski definition) is 2. The number of benzene rings is 2. The molecule has 0 aliphatic heterocycles. The predicted molar refractivity (Wildman–Crippen MR) is 94.7 cm³/mol. The number of rotatable bonds is 4. The molecule has 0 saturated heterocycles. The van der Waals surface area contributed by atoms with E-state index in [0.717, 1.165) is 5.56 Å². The lowest BCUT2D eigenvalue weighted by atomic mass is 10.2. The van der Waals surface area contributed by atoms with Crippen molar-refractivity contribution in [1.29, 1.82) is 0 Å². The maximum Gasteiger partial charge on any atom is 0.335 e. The average molecular weight is 336 g/mol. The van der Waals surface area contributed by atoms with Crippen LogP contribution in [0.15, 0.2) is 53.3 Å². The number of hydrogen-bond acceptors (Lipinski definition) is 3. The van der Waals surface area contributed by atoms with Crippen LogP contribution in [-0.4, -0.2) is 28.0 Å². The molecule has 0 amide bonds. The molecular formula is C19H16N2O4. The molecule has 0 unspecified atom stereocenters. The first-order valence-electron chi connectivity index (χ1n) is 7.49. The van der Waals surface area contributed by atoms with Crippen molar-refractivity contribution in [3.63, 3.8) is 0 Å². The van der Waals surface area contributed by atoms with E-state index in [-0.39, 0.29) is 11.1 Å². The van der Waals surface area contributed by atoms with Gasteiger partial charge in [0.2, 0.25) is 0 Å². The Balaban J connectivity index is 2.09. The smallest absolute Gasteiger partial charge is 0.335 e. The van der Waals surface area contributed by atoms with Gasteiger partial charge in [0.15, 0.2) is 0 Å². The van der Waals surface area contributed by atoms with Crippen LogP contribution in [0.1, 0.15) is 15.9 Å². The number of carboxylic acid groups (broad SMARTS) is 1. The SMILES string of the molecule is C=c1[nH]n(-c2ccc(C(=O)O)cc2)c(=O)/c1=C\c1cccc(OC)c1. The molecule has 3 rings (SSSR count). The maximum absolute atomic E-state index is 12.7. The van der Waals surface area contributed by atoms with E-state index in [1.54, 1.807) is 25.3 Å². The molecule has 6 nitrogen and oxygen atoms in total. The molecule has 6 heteroatoms. The highest BCUT2D eigenvalue weighted by atomic mass is 16.5. The molecular weight excluding hydrogens is 320 g/mol. The molecule has 1 aromatic heterocycles. The minimum atomic E-state index is -1.02. The Hall–Kier alpha value is -3.54. The van der Waals surface area contributed by atoms with Gasteiger partial charge in [-0.25, -0.2) is 9.48 Å². The van der Waals surface area contributed by atoms with Crippen molar-refractivity contribution in [3.8, 4) is 11.4 Å². The van der Waals surface area contributed by atoms with E-state index in [4.69, 9.17) is 9.84 Å². The van der Waals surface area contributed by atoms with Gasteiger partial charge in [0.25, 0.3) is 5.56 Å². The van der Waals surface area contributed by atoms with Gasteiger partial charge in [-0.3, -0.25) is 9.89 Å². The molecule has 0 fully saturated rings. The van der Waals surface area contributed by atoms with Crippen molar-refractivity contribution >= 4 is 18.6 Å². The Bertz CT molecular complexity index is 1090. The van der Waals surface area contributed by atoms with E-state index < -0.39 is 5.97 Å². The second kappa shape index (κ2) is 6.52. The van der Waals surface area contributed by atoms with Gasteiger partial charge in [0, 0.05) is 0 Å². The molecule has 0 aliphatic rings. The summed E-state index contributed by atoms with van der Waals surface area (Å²) in [6, 6.07) is 13.4. The lowest BCUT2D eigenvalue weighted by Crippen LogP contribution is -2.33. The van der Waals surface area contributed by atoms with Crippen molar-refractivity contribution in [2.75, 3.05) is 7.11 Å². The van der Waals surface area contributed by atoms with Crippen LogP contribution < -0.4 is 20.9 Å². The molecule has 0 bridgehead atoms. The number of aromatic amines is 1. The summed E-state index contributed by atoms with van der Waals surface area (Å²) in [5, 5.41) is 12.8. The van der Waals surface area contributed by atoms with E-state index in [1.165, 1.54) is 16.8 Å². The number of aromatic carboxylic acids is 1. The third-order valence-corrected chi connectivity index (χ3v) is 3.78. The number of H-pyrrole nitrogens is 1. The van der Waals surface area contributed by atoms with Gasteiger partial charge >= 0.3 is 5.97 Å². The van der Waals surface area contributed by atoms with Crippen LogP contribution >= 0.6 is 0 Å². The summed E-state index contributed by atoms with van der Waals surface area (Å²) in [7, 11) is 1.58. The van der Waals surface area contributed by atoms with Crippen LogP contribution in [0.25, 0.3) is 18.3 Å².